The van der Waals surface area contributed by atoms with Crippen molar-refractivity contribution in [2.24, 2.45) is 0 Å². The number of carbonyl (C=O) groups excluding carboxylic acids is 1. The average molecular weight is 278 g/mol. The molecule has 0 fully saturated rings. The van der Waals surface area contributed by atoms with E-state index in [2.05, 4.69) is 5.32 Å². The van der Waals surface area contributed by atoms with Crippen molar-refractivity contribution >= 4 is 12.1 Å². The fraction of sp³-hybridized carbons (Fsp3) is 0.333. The van der Waals surface area contributed by atoms with Gasteiger partial charge >= 0.3 is 0 Å². The van der Waals surface area contributed by atoms with Gasteiger partial charge in [-0.3, -0.25) is 4.79 Å². The SMILES string of the molecule is CC=C(C=N)CCc1cc(C(=O)NC)cc(OC)c1F. The molecule has 0 bridgehead atoms. The molecule has 0 atom stereocenters. The Kier molecular flexibility index (Phi) is 5.90. The molecule has 0 saturated carbocycles. The first kappa shape index (κ1) is 15.9. The lowest BCUT2D eigenvalue weighted by Gasteiger charge is -2.11. The van der Waals surface area contributed by atoms with Crippen LogP contribution in [0.1, 0.15) is 29.3 Å². The van der Waals surface area contributed by atoms with Crippen molar-refractivity contribution in [2.45, 2.75) is 19.8 Å². The van der Waals surface area contributed by atoms with Crippen LogP contribution in [-0.2, 0) is 6.42 Å². The standard InChI is InChI=1S/C15H19FN2O2/c1-4-10(9-17)5-6-11-7-12(15(19)18-2)8-13(20-3)14(11)16/h4,7-9,17H,5-6H2,1-3H3,(H,18,19). The maximum atomic E-state index is 14.1. The van der Waals surface area contributed by atoms with Gasteiger partial charge in [0, 0.05) is 18.8 Å². The van der Waals surface area contributed by atoms with Gasteiger partial charge in [-0.1, -0.05) is 6.08 Å². The van der Waals surface area contributed by atoms with E-state index in [0.29, 0.717) is 24.0 Å². The molecule has 20 heavy (non-hydrogen) atoms. The number of hydrogen-bond acceptors (Lipinski definition) is 3. The van der Waals surface area contributed by atoms with Crippen molar-refractivity contribution in [1.82, 2.24) is 5.32 Å². The monoisotopic (exact) mass is 278 g/mol. The van der Waals surface area contributed by atoms with Gasteiger partial charge < -0.3 is 15.5 Å². The number of benzene rings is 1. The van der Waals surface area contributed by atoms with Gasteiger partial charge in [-0.15, -0.1) is 0 Å². The predicted octanol–water partition coefficient (Wildman–Crippen LogP) is 2.72. The molecule has 0 radical (unpaired) electrons. The number of hydrogen-bond donors (Lipinski definition) is 2. The van der Waals surface area contributed by atoms with E-state index in [0.717, 1.165) is 5.57 Å². The summed E-state index contributed by atoms with van der Waals surface area (Å²) in [6.07, 6.45) is 4.00. The normalized spacial score (nSPS) is 11.1. The lowest BCUT2D eigenvalue weighted by atomic mass is 10.0. The van der Waals surface area contributed by atoms with Gasteiger partial charge in [-0.25, -0.2) is 4.39 Å². The van der Waals surface area contributed by atoms with Gasteiger partial charge in [0.1, 0.15) is 0 Å². The number of carbonyl (C=O) groups is 1. The summed E-state index contributed by atoms with van der Waals surface area (Å²) in [4.78, 5) is 11.7. The van der Waals surface area contributed by atoms with Crippen LogP contribution in [0.2, 0.25) is 0 Å². The van der Waals surface area contributed by atoms with Crippen molar-refractivity contribution in [3.05, 3.63) is 40.7 Å². The van der Waals surface area contributed by atoms with Crippen LogP contribution in [0.4, 0.5) is 4.39 Å². The highest BCUT2D eigenvalue weighted by molar-refractivity contribution is 5.94. The molecule has 4 nitrogen and oxygen atoms in total. The van der Waals surface area contributed by atoms with E-state index >= 15 is 0 Å². The predicted molar refractivity (Wildman–Crippen MR) is 77.2 cm³/mol. The average Bonchev–Trinajstić information content (AvgIpc) is 2.48. The highest BCUT2D eigenvalue weighted by atomic mass is 19.1. The summed E-state index contributed by atoms with van der Waals surface area (Å²) in [5.41, 5.74) is 1.58. The molecule has 0 unspecified atom stereocenters. The van der Waals surface area contributed by atoms with Crippen LogP contribution in [0.25, 0.3) is 0 Å². The fourth-order valence-corrected chi connectivity index (χ4v) is 1.84. The molecular weight excluding hydrogens is 259 g/mol. The number of nitrogens with one attached hydrogen (secondary N) is 2. The molecule has 1 amide bonds. The third-order valence-corrected chi connectivity index (χ3v) is 3.06. The Hall–Kier alpha value is -2.17. The molecule has 5 heteroatoms. The van der Waals surface area contributed by atoms with Gasteiger partial charge in [0.15, 0.2) is 11.6 Å². The number of methoxy groups -OCH3 is 1. The second kappa shape index (κ2) is 7.43. The Balaban J connectivity index is 3.10. The van der Waals surface area contributed by atoms with Crippen molar-refractivity contribution < 1.29 is 13.9 Å². The number of halogens is 1. The highest BCUT2D eigenvalue weighted by Crippen LogP contribution is 2.24. The Bertz CT molecular complexity index is 539. The van der Waals surface area contributed by atoms with E-state index in [9.17, 15) is 9.18 Å². The van der Waals surface area contributed by atoms with Crippen LogP contribution < -0.4 is 10.1 Å². The zero-order chi connectivity index (χ0) is 15.1. The number of aryl methyl sites for hydroxylation is 1. The van der Waals surface area contributed by atoms with Crippen LogP contribution in [-0.4, -0.2) is 26.3 Å². The minimum atomic E-state index is -0.458. The highest BCUT2D eigenvalue weighted by Gasteiger charge is 2.14. The van der Waals surface area contributed by atoms with Crippen LogP contribution in [0.3, 0.4) is 0 Å². The third-order valence-electron chi connectivity index (χ3n) is 3.06. The summed E-state index contributed by atoms with van der Waals surface area (Å²) in [7, 11) is 2.88. The zero-order valence-corrected chi connectivity index (χ0v) is 11.9. The summed E-state index contributed by atoms with van der Waals surface area (Å²) >= 11 is 0. The summed E-state index contributed by atoms with van der Waals surface area (Å²) in [6.45, 7) is 1.83. The fourth-order valence-electron chi connectivity index (χ4n) is 1.84. The Labute approximate surface area is 118 Å². The summed E-state index contributed by atoms with van der Waals surface area (Å²) < 4.78 is 19.1. The molecule has 0 aromatic heterocycles. The maximum Gasteiger partial charge on any atom is 0.251 e. The van der Waals surface area contributed by atoms with Crippen LogP contribution in [0, 0.1) is 11.2 Å². The second-order valence-corrected chi connectivity index (χ2v) is 4.24. The second-order valence-electron chi connectivity index (χ2n) is 4.24. The molecule has 0 spiro atoms. The van der Waals surface area contributed by atoms with Crippen molar-refractivity contribution in [3.63, 3.8) is 0 Å². The molecule has 0 aliphatic rings. The first-order chi connectivity index (χ1) is 9.57. The van der Waals surface area contributed by atoms with Crippen molar-refractivity contribution in [1.29, 1.82) is 5.41 Å². The molecule has 2 N–H and O–H groups in total. The van der Waals surface area contributed by atoms with Gasteiger partial charge in [-0.05, 0) is 43.0 Å². The first-order valence-corrected chi connectivity index (χ1v) is 6.31. The van der Waals surface area contributed by atoms with E-state index in [1.165, 1.54) is 32.5 Å². The van der Waals surface area contributed by atoms with E-state index in [-0.39, 0.29) is 11.7 Å². The molecule has 1 aromatic rings. The Morgan fingerprint density at radius 3 is 2.70 bits per heavy atom. The topological polar surface area (TPSA) is 62.2 Å². The summed E-state index contributed by atoms with van der Waals surface area (Å²) in [6, 6.07) is 2.90. The van der Waals surface area contributed by atoms with Crippen LogP contribution in [0.5, 0.6) is 5.75 Å². The minimum absolute atomic E-state index is 0.0537. The summed E-state index contributed by atoms with van der Waals surface area (Å²) in [5.74, 6) is -0.693. The van der Waals surface area contributed by atoms with Gasteiger partial charge in [-0.2, -0.15) is 0 Å². The van der Waals surface area contributed by atoms with Gasteiger partial charge in [0.2, 0.25) is 0 Å². The quantitative estimate of drug-likeness (QED) is 0.786. The lowest BCUT2D eigenvalue weighted by molar-refractivity contribution is 0.0962. The molecule has 0 saturated heterocycles. The van der Waals surface area contributed by atoms with Crippen LogP contribution in [0.15, 0.2) is 23.8 Å². The Morgan fingerprint density at radius 2 is 2.20 bits per heavy atom. The van der Waals surface area contributed by atoms with Crippen molar-refractivity contribution in [2.75, 3.05) is 14.2 Å². The van der Waals surface area contributed by atoms with E-state index in [1.807, 2.05) is 13.0 Å². The molecule has 0 aliphatic carbocycles. The van der Waals surface area contributed by atoms with Gasteiger partial charge in [0.25, 0.3) is 5.91 Å². The maximum absolute atomic E-state index is 14.1. The number of ether oxygens (including phenoxy) is 1. The smallest absolute Gasteiger partial charge is 0.251 e. The third kappa shape index (κ3) is 3.66. The summed E-state index contributed by atoms with van der Waals surface area (Å²) in [5, 5.41) is 9.72. The number of amides is 1. The molecule has 1 rings (SSSR count). The minimum Gasteiger partial charge on any atom is -0.494 e. The molecule has 0 aliphatic heterocycles. The van der Waals surface area contributed by atoms with Crippen molar-refractivity contribution in [3.8, 4) is 5.75 Å². The number of rotatable bonds is 6. The first-order valence-electron chi connectivity index (χ1n) is 6.31. The van der Waals surface area contributed by atoms with Crippen LogP contribution >= 0.6 is 0 Å². The zero-order valence-electron chi connectivity index (χ0n) is 11.9. The van der Waals surface area contributed by atoms with E-state index < -0.39 is 5.82 Å². The Morgan fingerprint density at radius 1 is 1.50 bits per heavy atom. The van der Waals surface area contributed by atoms with E-state index in [4.69, 9.17) is 10.1 Å². The number of allylic oxidation sites excluding steroid dienone is 2. The van der Waals surface area contributed by atoms with Gasteiger partial charge in [0.05, 0.1) is 7.11 Å². The lowest BCUT2D eigenvalue weighted by Crippen LogP contribution is -2.18. The molecule has 0 heterocycles. The molecule has 108 valence electrons. The van der Waals surface area contributed by atoms with E-state index in [1.54, 1.807) is 0 Å². The molecular formula is C15H19FN2O2. The largest absolute Gasteiger partial charge is 0.494 e. The molecule has 1 aromatic carbocycles.